The second-order valence-electron chi connectivity index (χ2n) is 7.24. The van der Waals surface area contributed by atoms with Gasteiger partial charge in [0.2, 0.25) is 5.75 Å². The molecule has 152 valence electrons. The van der Waals surface area contributed by atoms with E-state index in [1.807, 2.05) is 24.3 Å². The SMILES string of the molecule is Cn1c(-c2nc3ccccc3n2C2CCC2)nc(C(=O)Nc2cnoc2)c(O)c1=O. The molecule has 4 aromatic rings. The van der Waals surface area contributed by atoms with Crippen LogP contribution in [0.4, 0.5) is 5.69 Å². The van der Waals surface area contributed by atoms with Crippen LogP contribution in [0.1, 0.15) is 35.8 Å². The van der Waals surface area contributed by atoms with Crippen molar-refractivity contribution in [2.45, 2.75) is 25.3 Å². The fraction of sp³-hybridized carbons (Fsp3) is 0.250. The van der Waals surface area contributed by atoms with Crippen LogP contribution < -0.4 is 10.9 Å². The van der Waals surface area contributed by atoms with Gasteiger partial charge in [0.25, 0.3) is 11.5 Å². The maximum absolute atomic E-state index is 12.7. The van der Waals surface area contributed by atoms with Gasteiger partial charge in [0, 0.05) is 13.1 Å². The Morgan fingerprint density at radius 1 is 1.23 bits per heavy atom. The Bertz CT molecular complexity index is 1320. The predicted octanol–water partition coefficient (Wildman–Crippen LogP) is 2.47. The zero-order valence-corrected chi connectivity index (χ0v) is 16.1. The number of carbonyl (C=O) groups excluding carboxylic acids is 1. The van der Waals surface area contributed by atoms with Crippen LogP contribution in [-0.4, -0.2) is 35.3 Å². The maximum atomic E-state index is 12.7. The van der Waals surface area contributed by atoms with E-state index in [2.05, 4.69) is 24.5 Å². The quantitative estimate of drug-likeness (QED) is 0.533. The number of rotatable bonds is 4. The Morgan fingerprint density at radius 3 is 2.73 bits per heavy atom. The van der Waals surface area contributed by atoms with E-state index in [1.54, 1.807) is 0 Å². The first-order valence-electron chi connectivity index (χ1n) is 9.52. The number of benzene rings is 1. The fourth-order valence-corrected chi connectivity index (χ4v) is 3.62. The molecule has 30 heavy (non-hydrogen) atoms. The lowest BCUT2D eigenvalue weighted by molar-refractivity contribution is 0.101. The van der Waals surface area contributed by atoms with Crippen molar-refractivity contribution in [3.63, 3.8) is 0 Å². The molecule has 1 aromatic carbocycles. The number of nitrogens with one attached hydrogen (secondary N) is 1. The summed E-state index contributed by atoms with van der Waals surface area (Å²) in [6, 6.07) is 7.94. The molecular formula is C20H18N6O4. The van der Waals surface area contributed by atoms with E-state index in [9.17, 15) is 14.7 Å². The summed E-state index contributed by atoms with van der Waals surface area (Å²) in [6.45, 7) is 0. The number of nitrogens with zero attached hydrogens (tertiary/aromatic N) is 5. The lowest BCUT2D eigenvalue weighted by atomic mass is 9.92. The van der Waals surface area contributed by atoms with Crippen LogP contribution in [0.15, 0.2) is 46.0 Å². The number of aromatic hydroxyl groups is 1. The third kappa shape index (κ3) is 2.76. The molecule has 3 aromatic heterocycles. The van der Waals surface area contributed by atoms with E-state index >= 15 is 0 Å². The minimum atomic E-state index is -0.749. The highest BCUT2D eigenvalue weighted by Gasteiger charge is 2.29. The highest BCUT2D eigenvalue weighted by atomic mass is 16.5. The van der Waals surface area contributed by atoms with E-state index in [4.69, 9.17) is 4.98 Å². The van der Waals surface area contributed by atoms with Crippen molar-refractivity contribution in [1.29, 1.82) is 0 Å². The van der Waals surface area contributed by atoms with Crippen molar-refractivity contribution < 1.29 is 14.4 Å². The number of carbonyl (C=O) groups is 1. The van der Waals surface area contributed by atoms with Crippen LogP contribution in [0.2, 0.25) is 0 Å². The van der Waals surface area contributed by atoms with E-state index in [1.165, 1.54) is 24.1 Å². The summed E-state index contributed by atoms with van der Waals surface area (Å²) in [6.07, 6.45) is 5.64. The molecule has 1 amide bonds. The van der Waals surface area contributed by atoms with Crippen LogP contribution in [0.25, 0.3) is 22.7 Å². The first kappa shape index (κ1) is 18.1. The van der Waals surface area contributed by atoms with Gasteiger partial charge in [-0.2, -0.15) is 0 Å². The van der Waals surface area contributed by atoms with Gasteiger partial charge in [-0.3, -0.25) is 14.2 Å². The van der Waals surface area contributed by atoms with Crippen LogP contribution in [0.3, 0.4) is 0 Å². The molecular weight excluding hydrogens is 388 g/mol. The molecule has 0 aliphatic heterocycles. The summed E-state index contributed by atoms with van der Waals surface area (Å²) in [5.41, 5.74) is 0.876. The summed E-state index contributed by atoms with van der Waals surface area (Å²) in [4.78, 5) is 34.4. The Balaban J connectivity index is 1.69. The molecule has 0 unspecified atom stereocenters. The van der Waals surface area contributed by atoms with Crippen molar-refractivity contribution in [2.24, 2.45) is 7.05 Å². The Labute approximate surface area is 169 Å². The number of imidazole rings is 1. The molecule has 1 fully saturated rings. The summed E-state index contributed by atoms with van der Waals surface area (Å²) < 4.78 is 7.96. The molecule has 2 N–H and O–H groups in total. The third-order valence-electron chi connectivity index (χ3n) is 5.41. The van der Waals surface area contributed by atoms with E-state index in [-0.39, 0.29) is 23.2 Å². The first-order chi connectivity index (χ1) is 14.5. The maximum Gasteiger partial charge on any atom is 0.296 e. The Morgan fingerprint density at radius 2 is 2.03 bits per heavy atom. The third-order valence-corrected chi connectivity index (χ3v) is 5.41. The van der Waals surface area contributed by atoms with Crippen LogP contribution in [-0.2, 0) is 7.05 Å². The minimum absolute atomic E-state index is 0.205. The summed E-state index contributed by atoms with van der Waals surface area (Å²) in [7, 11) is 1.50. The lowest BCUT2D eigenvalue weighted by Gasteiger charge is -2.29. The number of hydrogen-bond acceptors (Lipinski definition) is 7. The second kappa shape index (κ2) is 6.83. The molecule has 0 radical (unpaired) electrons. The van der Waals surface area contributed by atoms with E-state index in [0.29, 0.717) is 5.82 Å². The van der Waals surface area contributed by atoms with Crippen molar-refractivity contribution in [3.05, 3.63) is 52.8 Å². The van der Waals surface area contributed by atoms with Crippen LogP contribution in [0, 0.1) is 0 Å². The minimum Gasteiger partial charge on any atom is -0.501 e. The average Bonchev–Trinajstić information content (AvgIpc) is 3.33. The summed E-state index contributed by atoms with van der Waals surface area (Å²) >= 11 is 0. The molecule has 1 aliphatic carbocycles. The molecule has 0 saturated heterocycles. The summed E-state index contributed by atoms with van der Waals surface area (Å²) in [5.74, 6) is -0.793. The molecule has 0 atom stereocenters. The first-order valence-corrected chi connectivity index (χ1v) is 9.52. The molecule has 0 spiro atoms. The van der Waals surface area contributed by atoms with Crippen molar-refractivity contribution >= 4 is 22.6 Å². The van der Waals surface area contributed by atoms with Gasteiger partial charge in [0.05, 0.1) is 17.2 Å². The van der Waals surface area contributed by atoms with Gasteiger partial charge in [-0.1, -0.05) is 17.3 Å². The Kier molecular flexibility index (Phi) is 4.12. The van der Waals surface area contributed by atoms with Gasteiger partial charge in [-0.25, -0.2) is 9.97 Å². The molecule has 10 heteroatoms. The number of fused-ring (bicyclic) bond motifs is 1. The molecule has 0 bridgehead atoms. The van der Waals surface area contributed by atoms with Gasteiger partial charge in [0.15, 0.2) is 17.3 Å². The van der Waals surface area contributed by atoms with Crippen LogP contribution >= 0.6 is 0 Å². The van der Waals surface area contributed by atoms with Crippen LogP contribution in [0.5, 0.6) is 5.75 Å². The zero-order valence-electron chi connectivity index (χ0n) is 16.1. The van der Waals surface area contributed by atoms with Crippen molar-refractivity contribution in [2.75, 3.05) is 5.32 Å². The number of hydrogen-bond donors (Lipinski definition) is 2. The molecule has 5 rings (SSSR count). The van der Waals surface area contributed by atoms with E-state index in [0.717, 1.165) is 30.3 Å². The number of amides is 1. The second-order valence-corrected chi connectivity index (χ2v) is 7.24. The number of aromatic nitrogens is 5. The smallest absolute Gasteiger partial charge is 0.296 e. The highest BCUT2D eigenvalue weighted by molar-refractivity contribution is 6.04. The standard InChI is InChI=1S/C20H18N6O4/c1-25-17(18-23-13-7-2-3-8-14(13)26(18)12-5-4-6-12)24-15(16(27)20(25)29)19(28)22-11-9-21-30-10-11/h2-3,7-10,12,27H,4-6H2,1H3,(H,22,28). The average molecular weight is 406 g/mol. The highest BCUT2D eigenvalue weighted by Crippen LogP contribution is 2.38. The van der Waals surface area contributed by atoms with Gasteiger partial charge < -0.3 is 19.5 Å². The molecule has 10 nitrogen and oxygen atoms in total. The van der Waals surface area contributed by atoms with Crippen molar-refractivity contribution in [1.82, 2.24) is 24.3 Å². The summed E-state index contributed by atoms with van der Waals surface area (Å²) in [5, 5.41) is 16.3. The molecule has 1 saturated carbocycles. The number of para-hydroxylation sites is 2. The lowest BCUT2D eigenvalue weighted by Crippen LogP contribution is -2.27. The van der Waals surface area contributed by atoms with Gasteiger partial charge in [0.1, 0.15) is 12.0 Å². The number of anilines is 1. The topological polar surface area (TPSA) is 128 Å². The molecule has 3 heterocycles. The normalized spacial score (nSPS) is 14.0. The van der Waals surface area contributed by atoms with Gasteiger partial charge in [-0.15, -0.1) is 0 Å². The molecule has 1 aliphatic rings. The largest absolute Gasteiger partial charge is 0.501 e. The zero-order chi connectivity index (χ0) is 20.8. The van der Waals surface area contributed by atoms with Gasteiger partial charge >= 0.3 is 0 Å². The van der Waals surface area contributed by atoms with E-state index < -0.39 is 17.2 Å². The van der Waals surface area contributed by atoms with Gasteiger partial charge in [-0.05, 0) is 31.4 Å². The fourth-order valence-electron chi connectivity index (χ4n) is 3.62. The van der Waals surface area contributed by atoms with Crippen molar-refractivity contribution in [3.8, 4) is 17.4 Å². The monoisotopic (exact) mass is 406 g/mol. The predicted molar refractivity (Wildman–Crippen MR) is 107 cm³/mol. The Hall–Kier alpha value is -3.95.